The molecule has 0 aliphatic rings. The number of aromatic nitrogens is 1. The number of rotatable bonds is 6. The molecule has 0 amide bonds. The highest BCUT2D eigenvalue weighted by Gasteiger charge is 2.04. The maximum atomic E-state index is 13.1. The van der Waals surface area contributed by atoms with Crippen molar-refractivity contribution in [2.45, 2.75) is 13.3 Å². The lowest BCUT2D eigenvalue weighted by Crippen LogP contribution is -2.08. The van der Waals surface area contributed by atoms with E-state index < -0.39 is 11.6 Å². The molecule has 0 aliphatic carbocycles. The minimum absolute atomic E-state index is 0.374. The number of nitrogens with zero attached hydrogens (tertiary/aromatic N) is 1. The molecule has 21 heavy (non-hydrogen) atoms. The Balaban J connectivity index is 1.95. The van der Waals surface area contributed by atoms with Crippen molar-refractivity contribution in [2.24, 2.45) is 0 Å². The van der Waals surface area contributed by atoms with Gasteiger partial charge in [-0.25, -0.2) is 8.78 Å². The Labute approximate surface area is 122 Å². The summed E-state index contributed by atoms with van der Waals surface area (Å²) in [4.78, 5) is 4.22. The topological polar surface area (TPSA) is 60.2 Å². The van der Waals surface area contributed by atoms with Gasteiger partial charge in [-0.3, -0.25) is 0 Å². The maximum absolute atomic E-state index is 13.1. The van der Waals surface area contributed by atoms with E-state index >= 15 is 0 Å². The second kappa shape index (κ2) is 6.88. The van der Waals surface area contributed by atoms with Gasteiger partial charge in [0, 0.05) is 12.6 Å². The zero-order chi connectivity index (χ0) is 15.2. The Morgan fingerprint density at radius 3 is 2.57 bits per heavy atom. The van der Waals surface area contributed by atoms with Crippen LogP contribution in [0.4, 0.5) is 20.3 Å². The van der Waals surface area contributed by atoms with E-state index in [9.17, 15) is 8.78 Å². The molecular weight excluding hydrogens is 276 g/mol. The molecule has 0 fully saturated rings. The monoisotopic (exact) mass is 293 g/mol. The van der Waals surface area contributed by atoms with E-state index in [1.807, 2.05) is 6.92 Å². The number of anilines is 2. The highest BCUT2D eigenvalue weighted by atomic mass is 19.1. The molecule has 0 radical (unpaired) electrons. The number of hydrogen-bond donors (Lipinski definition) is 2. The summed E-state index contributed by atoms with van der Waals surface area (Å²) in [5.41, 5.74) is 6.78. The lowest BCUT2D eigenvalue weighted by Gasteiger charge is -2.10. The van der Waals surface area contributed by atoms with Crippen molar-refractivity contribution in [3.63, 3.8) is 0 Å². The molecule has 6 heteroatoms. The van der Waals surface area contributed by atoms with E-state index in [0.717, 1.165) is 6.07 Å². The molecule has 2 aromatic rings. The zero-order valence-corrected chi connectivity index (χ0v) is 11.7. The summed E-state index contributed by atoms with van der Waals surface area (Å²) in [5.74, 6) is -0.174. The van der Waals surface area contributed by atoms with E-state index in [4.69, 9.17) is 10.5 Å². The van der Waals surface area contributed by atoms with Crippen molar-refractivity contribution >= 4 is 11.5 Å². The summed E-state index contributed by atoms with van der Waals surface area (Å²) in [5, 5.41) is 3.07. The molecule has 2 rings (SSSR count). The Bertz CT molecular complexity index is 600. The summed E-state index contributed by atoms with van der Waals surface area (Å²) in [7, 11) is 0. The number of ether oxygens (including phenoxy) is 1. The van der Waals surface area contributed by atoms with Crippen LogP contribution in [0, 0.1) is 11.6 Å². The quantitative estimate of drug-likeness (QED) is 0.859. The molecule has 3 N–H and O–H groups in total. The molecule has 4 nitrogen and oxygen atoms in total. The van der Waals surface area contributed by atoms with Gasteiger partial charge < -0.3 is 15.8 Å². The first-order valence-corrected chi connectivity index (χ1v) is 6.66. The van der Waals surface area contributed by atoms with E-state index in [-0.39, 0.29) is 0 Å². The summed E-state index contributed by atoms with van der Waals surface area (Å²) in [6.07, 6.45) is 0.477. The minimum atomic E-state index is -0.575. The predicted molar refractivity (Wildman–Crippen MR) is 78.4 cm³/mol. The second-order valence-corrected chi connectivity index (χ2v) is 4.48. The van der Waals surface area contributed by atoms with Crippen LogP contribution in [-0.4, -0.2) is 18.1 Å². The fraction of sp³-hybridized carbons (Fsp3) is 0.267. The SMILES string of the molecule is CCOc1nc(NCCc2cc(F)cc(F)c2)ccc1N. The van der Waals surface area contributed by atoms with Crippen molar-refractivity contribution in [2.75, 3.05) is 24.2 Å². The van der Waals surface area contributed by atoms with E-state index in [1.54, 1.807) is 12.1 Å². The first-order chi connectivity index (χ1) is 10.1. The average Bonchev–Trinajstić information content (AvgIpc) is 2.41. The molecule has 0 atom stereocenters. The summed E-state index contributed by atoms with van der Waals surface area (Å²) < 4.78 is 31.4. The molecule has 1 aromatic carbocycles. The first kappa shape index (κ1) is 15.0. The smallest absolute Gasteiger partial charge is 0.239 e. The van der Waals surface area contributed by atoms with Gasteiger partial charge in [-0.2, -0.15) is 4.98 Å². The van der Waals surface area contributed by atoms with Crippen molar-refractivity contribution in [1.82, 2.24) is 4.98 Å². The summed E-state index contributed by atoms with van der Waals surface area (Å²) in [6, 6.07) is 6.90. The Hall–Kier alpha value is -2.37. The maximum Gasteiger partial charge on any atom is 0.239 e. The number of nitrogens with two attached hydrogens (primary N) is 1. The normalized spacial score (nSPS) is 10.4. The van der Waals surface area contributed by atoms with Crippen molar-refractivity contribution in [3.05, 3.63) is 47.5 Å². The molecule has 0 aliphatic heterocycles. The van der Waals surface area contributed by atoms with Gasteiger partial charge in [0.2, 0.25) is 5.88 Å². The largest absolute Gasteiger partial charge is 0.476 e. The number of pyridine rings is 1. The van der Waals surface area contributed by atoms with Crippen LogP contribution in [0.2, 0.25) is 0 Å². The average molecular weight is 293 g/mol. The number of halogens is 2. The molecule has 1 aromatic heterocycles. The Morgan fingerprint density at radius 1 is 1.19 bits per heavy atom. The van der Waals surface area contributed by atoms with Gasteiger partial charge in [0.05, 0.1) is 12.3 Å². The van der Waals surface area contributed by atoms with Crippen LogP contribution in [0.25, 0.3) is 0 Å². The lowest BCUT2D eigenvalue weighted by atomic mass is 10.1. The van der Waals surface area contributed by atoms with Crippen LogP contribution in [-0.2, 0) is 6.42 Å². The fourth-order valence-electron chi connectivity index (χ4n) is 1.89. The summed E-state index contributed by atoms with van der Waals surface area (Å²) in [6.45, 7) is 2.81. The third kappa shape index (κ3) is 4.30. The van der Waals surface area contributed by atoms with Gasteiger partial charge in [-0.15, -0.1) is 0 Å². The molecule has 0 unspecified atom stereocenters. The van der Waals surface area contributed by atoms with Gasteiger partial charge in [0.15, 0.2) is 0 Å². The van der Waals surface area contributed by atoms with Gasteiger partial charge in [-0.05, 0) is 43.2 Å². The molecule has 0 bridgehead atoms. The van der Waals surface area contributed by atoms with E-state index in [0.29, 0.717) is 42.5 Å². The van der Waals surface area contributed by atoms with E-state index in [1.165, 1.54) is 12.1 Å². The fourth-order valence-corrected chi connectivity index (χ4v) is 1.89. The highest BCUT2D eigenvalue weighted by Crippen LogP contribution is 2.20. The molecule has 1 heterocycles. The lowest BCUT2D eigenvalue weighted by molar-refractivity contribution is 0.329. The first-order valence-electron chi connectivity index (χ1n) is 6.66. The predicted octanol–water partition coefficient (Wildman–Crippen LogP) is 3.00. The Morgan fingerprint density at radius 2 is 1.90 bits per heavy atom. The Kier molecular flexibility index (Phi) is 4.92. The molecular formula is C15H17F2N3O. The van der Waals surface area contributed by atoms with Crippen LogP contribution in [0.1, 0.15) is 12.5 Å². The number of nitrogens with one attached hydrogen (secondary N) is 1. The van der Waals surface area contributed by atoms with Gasteiger partial charge in [0.25, 0.3) is 0 Å². The van der Waals surface area contributed by atoms with Crippen molar-refractivity contribution < 1.29 is 13.5 Å². The van der Waals surface area contributed by atoms with Gasteiger partial charge in [0.1, 0.15) is 17.5 Å². The molecule has 0 saturated heterocycles. The van der Waals surface area contributed by atoms with Crippen LogP contribution in [0.15, 0.2) is 30.3 Å². The van der Waals surface area contributed by atoms with Crippen molar-refractivity contribution in [1.29, 1.82) is 0 Å². The van der Waals surface area contributed by atoms with Crippen molar-refractivity contribution in [3.8, 4) is 5.88 Å². The van der Waals surface area contributed by atoms with Crippen LogP contribution in [0.5, 0.6) is 5.88 Å². The van der Waals surface area contributed by atoms with Crippen LogP contribution in [0.3, 0.4) is 0 Å². The zero-order valence-electron chi connectivity index (χ0n) is 11.7. The van der Waals surface area contributed by atoms with Crippen LogP contribution < -0.4 is 15.8 Å². The number of hydrogen-bond acceptors (Lipinski definition) is 4. The third-order valence-corrected chi connectivity index (χ3v) is 2.81. The van der Waals surface area contributed by atoms with Crippen LogP contribution >= 0.6 is 0 Å². The number of benzene rings is 1. The van der Waals surface area contributed by atoms with Gasteiger partial charge >= 0.3 is 0 Å². The van der Waals surface area contributed by atoms with Gasteiger partial charge in [-0.1, -0.05) is 0 Å². The highest BCUT2D eigenvalue weighted by molar-refractivity contribution is 5.53. The third-order valence-electron chi connectivity index (χ3n) is 2.81. The number of nitrogen functional groups attached to an aromatic ring is 1. The van der Waals surface area contributed by atoms with E-state index in [2.05, 4.69) is 10.3 Å². The molecule has 0 saturated carbocycles. The molecule has 0 spiro atoms. The standard InChI is InChI=1S/C15H17F2N3O/c1-2-21-15-13(18)3-4-14(20-15)19-6-5-10-7-11(16)9-12(17)8-10/h3-4,7-9H,2,5-6,18H2,1H3,(H,19,20). The second-order valence-electron chi connectivity index (χ2n) is 4.48. The summed E-state index contributed by atoms with van der Waals surface area (Å²) >= 11 is 0. The minimum Gasteiger partial charge on any atom is -0.476 e. The molecule has 112 valence electrons.